The summed E-state index contributed by atoms with van der Waals surface area (Å²) >= 11 is 0. The van der Waals surface area contributed by atoms with Gasteiger partial charge in [0.2, 0.25) is 11.4 Å². The summed E-state index contributed by atoms with van der Waals surface area (Å²) in [5, 5.41) is 20.6. The Hall–Kier alpha value is -2.18. The standard InChI is InChI=1S/C19H28N4O2/c1-14-18(24)16(7-9-22(14)5)11-20(3)13-21(4)12-17-8-10-23(6)15(2)19(17)25/h7-10H,11-13H2,1-6H3/p+2. The van der Waals surface area contributed by atoms with E-state index in [1.165, 1.54) is 0 Å². The third kappa shape index (κ3) is 4.46. The van der Waals surface area contributed by atoms with E-state index in [9.17, 15) is 10.2 Å². The van der Waals surface area contributed by atoms with E-state index in [2.05, 4.69) is 9.80 Å². The van der Waals surface area contributed by atoms with Crippen molar-refractivity contribution in [3.63, 3.8) is 0 Å². The first-order valence-corrected chi connectivity index (χ1v) is 8.42. The van der Waals surface area contributed by atoms with Crippen LogP contribution in [0.2, 0.25) is 0 Å². The quantitative estimate of drug-likeness (QED) is 0.602. The molecule has 0 bridgehead atoms. The number of aromatic hydroxyl groups is 2. The molecule has 2 heterocycles. The van der Waals surface area contributed by atoms with Gasteiger partial charge in [-0.2, -0.15) is 0 Å². The molecule has 2 aromatic rings. The Morgan fingerprint density at radius 2 is 1.16 bits per heavy atom. The van der Waals surface area contributed by atoms with Crippen molar-refractivity contribution in [2.75, 3.05) is 20.8 Å². The van der Waals surface area contributed by atoms with Crippen LogP contribution in [-0.2, 0) is 27.2 Å². The van der Waals surface area contributed by atoms with E-state index >= 15 is 0 Å². The highest BCUT2D eigenvalue weighted by Gasteiger charge is 2.17. The normalized spacial score (nSPS) is 11.5. The maximum absolute atomic E-state index is 10.3. The summed E-state index contributed by atoms with van der Waals surface area (Å²) in [6.45, 7) is 5.86. The molecule has 0 aromatic carbocycles. The molecule has 0 aliphatic heterocycles. The van der Waals surface area contributed by atoms with Crippen LogP contribution < -0.4 is 9.13 Å². The maximum atomic E-state index is 10.3. The molecule has 6 nitrogen and oxygen atoms in total. The third-order valence-corrected chi connectivity index (χ3v) is 4.71. The average Bonchev–Trinajstić information content (AvgIpc) is 2.56. The molecule has 0 amide bonds. The van der Waals surface area contributed by atoms with Crippen molar-refractivity contribution >= 4 is 0 Å². The Labute approximate surface area is 150 Å². The molecule has 2 N–H and O–H groups in total. The lowest BCUT2D eigenvalue weighted by atomic mass is 10.2. The van der Waals surface area contributed by atoms with Crippen LogP contribution in [0.3, 0.4) is 0 Å². The Morgan fingerprint density at radius 3 is 1.52 bits per heavy atom. The molecule has 2 aromatic heterocycles. The Bertz CT molecular complexity index is 698. The molecule has 0 aliphatic rings. The third-order valence-electron chi connectivity index (χ3n) is 4.71. The second-order valence-corrected chi connectivity index (χ2v) is 6.94. The summed E-state index contributed by atoms with van der Waals surface area (Å²) in [6, 6.07) is 3.90. The van der Waals surface area contributed by atoms with Gasteiger partial charge < -0.3 is 10.2 Å². The zero-order valence-electron chi connectivity index (χ0n) is 16.1. The number of hydrogen-bond donors (Lipinski definition) is 2. The second-order valence-electron chi connectivity index (χ2n) is 6.94. The van der Waals surface area contributed by atoms with E-state index in [1.807, 2.05) is 75.7 Å². The van der Waals surface area contributed by atoms with E-state index in [0.717, 1.165) is 29.2 Å². The molecule has 136 valence electrons. The van der Waals surface area contributed by atoms with Gasteiger partial charge in [-0.3, -0.25) is 9.80 Å². The predicted octanol–water partition coefficient (Wildman–Crippen LogP) is 0.885. The molecule has 6 heteroatoms. The first-order valence-electron chi connectivity index (χ1n) is 8.42. The van der Waals surface area contributed by atoms with Gasteiger partial charge in [0.15, 0.2) is 23.9 Å². The van der Waals surface area contributed by atoms with Gasteiger partial charge in [0, 0.05) is 50.2 Å². The van der Waals surface area contributed by atoms with Crippen LogP contribution >= 0.6 is 0 Å². The molecular weight excluding hydrogens is 316 g/mol. The molecule has 0 unspecified atom stereocenters. The SMILES string of the molecule is Cc1c(O)c(CN(C)CN(C)Cc2cc[n+](C)c(C)c2O)cc[n+]1C. The van der Waals surface area contributed by atoms with Gasteiger partial charge in [-0.15, -0.1) is 0 Å². The summed E-state index contributed by atoms with van der Waals surface area (Å²) in [4.78, 5) is 4.28. The lowest BCUT2D eigenvalue weighted by Crippen LogP contribution is -2.35. The van der Waals surface area contributed by atoms with Crippen molar-refractivity contribution in [3.05, 3.63) is 47.0 Å². The summed E-state index contributed by atoms with van der Waals surface area (Å²) < 4.78 is 3.82. The summed E-state index contributed by atoms with van der Waals surface area (Å²) in [5.41, 5.74) is 3.54. The van der Waals surface area contributed by atoms with Crippen LogP contribution in [0.5, 0.6) is 11.5 Å². The molecule has 0 atom stereocenters. The van der Waals surface area contributed by atoms with Crippen LogP contribution in [0.25, 0.3) is 0 Å². The number of aromatic nitrogens is 2. The van der Waals surface area contributed by atoms with Crippen molar-refractivity contribution in [2.45, 2.75) is 26.9 Å². The minimum Gasteiger partial charge on any atom is -0.502 e. The van der Waals surface area contributed by atoms with E-state index in [1.54, 1.807) is 0 Å². The number of aryl methyl sites for hydroxylation is 2. The largest absolute Gasteiger partial charge is 0.502 e. The van der Waals surface area contributed by atoms with E-state index < -0.39 is 0 Å². The van der Waals surface area contributed by atoms with Crippen LogP contribution in [0.4, 0.5) is 0 Å². The van der Waals surface area contributed by atoms with Gasteiger partial charge >= 0.3 is 0 Å². The fourth-order valence-electron chi connectivity index (χ4n) is 2.93. The molecule has 0 fully saturated rings. The van der Waals surface area contributed by atoms with Gasteiger partial charge in [0.1, 0.15) is 14.1 Å². The molecule has 0 aliphatic carbocycles. The van der Waals surface area contributed by atoms with E-state index in [-0.39, 0.29) is 0 Å². The number of pyridine rings is 2. The van der Waals surface area contributed by atoms with Gasteiger partial charge in [-0.1, -0.05) is 0 Å². The van der Waals surface area contributed by atoms with Crippen molar-refractivity contribution in [3.8, 4) is 11.5 Å². The van der Waals surface area contributed by atoms with Gasteiger partial charge in [0.25, 0.3) is 0 Å². The lowest BCUT2D eigenvalue weighted by Gasteiger charge is -2.25. The zero-order chi connectivity index (χ0) is 18.7. The highest BCUT2D eigenvalue weighted by Crippen LogP contribution is 2.21. The number of rotatable bonds is 6. The summed E-state index contributed by atoms with van der Waals surface area (Å²) in [7, 11) is 7.89. The average molecular weight is 346 g/mol. The van der Waals surface area contributed by atoms with Crippen LogP contribution in [0.15, 0.2) is 24.5 Å². The fraction of sp³-hybridized carbons (Fsp3) is 0.474. The van der Waals surface area contributed by atoms with Crippen LogP contribution in [0, 0.1) is 13.8 Å². The highest BCUT2D eigenvalue weighted by molar-refractivity contribution is 5.32. The topological polar surface area (TPSA) is 54.7 Å². The van der Waals surface area contributed by atoms with E-state index in [0.29, 0.717) is 24.6 Å². The smallest absolute Gasteiger partial charge is 0.220 e. The molecular formula is C19H30N4O2+2. The van der Waals surface area contributed by atoms with Crippen molar-refractivity contribution < 1.29 is 19.3 Å². The van der Waals surface area contributed by atoms with Crippen molar-refractivity contribution in [1.29, 1.82) is 0 Å². The van der Waals surface area contributed by atoms with Crippen molar-refractivity contribution in [1.82, 2.24) is 9.80 Å². The van der Waals surface area contributed by atoms with Crippen molar-refractivity contribution in [2.24, 2.45) is 14.1 Å². The Balaban J connectivity index is 2.00. The summed E-state index contributed by atoms with van der Waals surface area (Å²) in [5.74, 6) is 0.701. The lowest BCUT2D eigenvalue weighted by molar-refractivity contribution is -0.678. The Morgan fingerprint density at radius 1 is 0.800 bits per heavy atom. The first kappa shape index (κ1) is 19.1. The fourth-order valence-corrected chi connectivity index (χ4v) is 2.93. The van der Waals surface area contributed by atoms with Gasteiger partial charge in [0.05, 0.1) is 6.67 Å². The number of nitrogens with zero attached hydrogens (tertiary/aromatic N) is 4. The minimum atomic E-state index is 0.350. The molecule has 2 rings (SSSR count). The number of hydrogen-bond acceptors (Lipinski definition) is 4. The molecule has 0 saturated carbocycles. The molecule has 25 heavy (non-hydrogen) atoms. The minimum absolute atomic E-state index is 0.350. The monoisotopic (exact) mass is 346 g/mol. The van der Waals surface area contributed by atoms with Crippen LogP contribution in [-0.4, -0.2) is 40.8 Å². The maximum Gasteiger partial charge on any atom is 0.220 e. The molecule has 0 saturated heterocycles. The molecule has 0 spiro atoms. The van der Waals surface area contributed by atoms with Gasteiger partial charge in [-0.25, -0.2) is 9.13 Å². The summed E-state index contributed by atoms with van der Waals surface area (Å²) in [6.07, 6.45) is 3.93. The Kier molecular flexibility index (Phi) is 5.98. The highest BCUT2D eigenvalue weighted by atomic mass is 16.3. The van der Waals surface area contributed by atoms with Crippen LogP contribution in [0.1, 0.15) is 22.5 Å². The van der Waals surface area contributed by atoms with E-state index in [4.69, 9.17) is 0 Å². The predicted molar refractivity (Wildman–Crippen MR) is 95.8 cm³/mol. The molecule has 0 radical (unpaired) electrons. The zero-order valence-corrected chi connectivity index (χ0v) is 16.1. The second kappa shape index (κ2) is 7.80. The van der Waals surface area contributed by atoms with Gasteiger partial charge in [-0.05, 0) is 14.1 Å². The first-order chi connectivity index (χ1) is 11.7.